The second-order valence-corrected chi connectivity index (χ2v) is 13.0. The molecule has 0 aliphatic carbocycles. The topological polar surface area (TPSA) is 96.0 Å². The van der Waals surface area contributed by atoms with Crippen LogP contribution in [0.3, 0.4) is 0 Å². The van der Waals surface area contributed by atoms with Crippen molar-refractivity contribution in [3.8, 4) is 5.75 Å². The second kappa shape index (κ2) is 14.0. The van der Waals surface area contributed by atoms with Crippen LogP contribution in [-0.4, -0.2) is 49.9 Å². The number of nitrogens with zero attached hydrogens (tertiary/aromatic N) is 2. The molecular weight excluding hydrogens is 581 g/mol. The maximum atomic E-state index is 14.2. The molecule has 0 heterocycles. The van der Waals surface area contributed by atoms with Crippen LogP contribution in [0.5, 0.6) is 5.75 Å². The average molecular weight is 618 g/mol. The van der Waals surface area contributed by atoms with Crippen LogP contribution in [-0.2, 0) is 26.2 Å². The normalized spacial score (nSPS) is 12.4. The third-order valence-corrected chi connectivity index (χ3v) is 8.29. The molecule has 0 aliphatic rings. The molecule has 3 aromatic rings. The highest BCUT2D eigenvalue weighted by Gasteiger charge is 2.35. The fraction of sp³-hybridized carbons (Fsp3) is 0.355. The van der Waals surface area contributed by atoms with Gasteiger partial charge in [-0.2, -0.15) is 0 Å². The molecule has 1 atom stereocenters. The van der Waals surface area contributed by atoms with Crippen LogP contribution in [0.1, 0.15) is 46.6 Å². The molecule has 11 heteroatoms. The minimum Gasteiger partial charge on any atom is -0.492 e. The summed E-state index contributed by atoms with van der Waals surface area (Å²) in [5.41, 5.74) is 0.167. The first-order valence-corrected chi connectivity index (χ1v) is 15.4. The zero-order valence-corrected chi connectivity index (χ0v) is 26.0. The Morgan fingerprint density at radius 3 is 2.17 bits per heavy atom. The molecule has 0 aromatic heterocycles. The summed E-state index contributed by atoms with van der Waals surface area (Å²) in [6.07, 6.45) is 0.258. The summed E-state index contributed by atoms with van der Waals surface area (Å²) in [5.74, 6) is -1.18. The van der Waals surface area contributed by atoms with Gasteiger partial charge in [-0.25, -0.2) is 12.8 Å². The van der Waals surface area contributed by atoms with E-state index in [1.807, 2.05) is 20.8 Å². The lowest BCUT2D eigenvalue weighted by Gasteiger charge is -2.35. The van der Waals surface area contributed by atoms with E-state index in [2.05, 4.69) is 5.32 Å². The lowest BCUT2D eigenvalue weighted by Crippen LogP contribution is -2.55. The van der Waals surface area contributed by atoms with Gasteiger partial charge in [0.1, 0.15) is 24.2 Å². The number of rotatable bonds is 12. The van der Waals surface area contributed by atoms with Crippen LogP contribution in [0.2, 0.25) is 5.02 Å². The van der Waals surface area contributed by atoms with Crippen LogP contribution < -0.4 is 14.4 Å². The van der Waals surface area contributed by atoms with Gasteiger partial charge in [0.2, 0.25) is 11.8 Å². The van der Waals surface area contributed by atoms with Gasteiger partial charge in [-0.05, 0) is 88.2 Å². The van der Waals surface area contributed by atoms with Crippen LogP contribution in [0.4, 0.5) is 10.1 Å². The summed E-state index contributed by atoms with van der Waals surface area (Å²) in [5, 5.41) is 3.27. The van der Waals surface area contributed by atoms with Gasteiger partial charge in [-0.15, -0.1) is 0 Å². The van der Waals surface area contributed by atoms with Crippen molar-refractivity contribution in [2.75, 3.05) is 17.5 Å². The molecule has 0 saturated carbocycles. The number of halogens is 2. The monoisotopic (exact) mass is 617 g/mol. The number of benzene rings is 3. The van der Waals surface area contributed by atoms with Crippen molar-refractivity contribution in [3.05, 3.63) is 89.2 Å². The van der Waals surface area contributed by atoms with Gasteiger partial charge in [-0.1, -0.05) is 42.8 Å². The van der Waals surface area contributed by atoms with Crippen molar-refractivity contribution < 1.29 is 27.1 Å². The molecule has 2 amide bonds. The van der Waals surface area contributed by atoms with Crippen LogP contribution in [0, 0.1) is 5.82 Å². The van der Waals surface area contributed by atoms with Gasteiger partial charge >= 0.3 is 0 Å². The lowest BCUT2D eigenvalue weighted by molar-refractivity contribution is -0.141. The van der Waals surface area contributed by atoms with E-state index >= 15 is 0 Å². The number of nitrogens with one attached hydrogen (secondary N) is 1. The fourth-order valence-corrected chi connectivity index (χ4v) is 5.90. The highest BCUT2D eigenvalue weighted by atomic mass is 35.5. The molecule has 1 N–H and O–H groups in total. The summed E-state index contributed by atoms with van der Waals surface area (Å²) in [6, 6.07) is 16.8. The Kier molecular flexibility index (Phi) is 11.0. The number of hydrogen-bond acceptors (Lipinski definition) is 5. The summed E-state index contributed by atoms with van der Waals surface area (Å²) < 4.78 is 48.5. The number of anilines is 1. The summed E-state index contributed by atoms with van der Waals surface area (Å²) >= 11 is 6.01. The van der Waals surface area contributed by atoms with E-state index in [1.165, 1.54) is 53.4 Å². The molecule has 0 fully saturated rings. The van der Waals surface area contributed by atoms with Crippen LogP contribution in [0.15, 0.2) is 77.7 Å². The predicted molar refractivity (Wildman–Crippen MR) is 163 cm³/mol. The van der Waals surface area contributed by atoms with E-state index in [9.17, 15) is 22.4 Å². The van der Waals surface area contributed by atoms with E-state index in [-0.39, 0.29) is 41.8 Å². The van der Waals surface area contributed by atoms with Gasteiger partial charge in [-0.3, -0.25) is 13.9 Å². The first-order valence-electron chi connectivity index (χ1n) is 13.6. The largest absolute Gasteiger partial charge is 0.492 e. The number of sulfonamides is 1. The standard InChI is InChI=1S/C31H37ClFN3O5S/c1-6-26(30(38)34-31(3,4)5)35(20-22-12-16-24(33)17-13-22)29(37)21-36(27-10-8-9-11-28(27)41-7-2)42(39,40)25-18-14-23(32)15-19-25/h8-19,26H,6-7,20-21H2,1-5H3,(H,34,38). The second-order valence-electron chi connectivity index (χ2n) is 10.7. The van der Waals surface area contributed by atoms with Crippen molar-refractivity contribution in [1.29, 1.82) is 0 Å². The Balaban J connectivity index is 2.12. The number of amides is 2. The SMILES string of the molecule is CCOc1ccccc1N(CC(=O)N(Cc1ccc(F)cc1)C(CC)C(=O)NC(C)(C)C)S(=O)(=O)c1ccc(Cl)cc1. The number of ether oxygens (including phenoxy) is 1. The molecular formula is C31H37ClFN3O5S. The van der Waals surface area contributed by atoms with E-state index in [1.54, 1.807) is 38.1 Å². The molecule has 3 aromatic carbocycles. The highest BCUT2D eigenvalue weighted by molar-refractivity contribution is 7.92. The minimum absolute atomic E-state index is 0.0445. The van der Waals surface area contributed by atoms with Gasteiger partial charge in [0.15, 0.2) is 0 Å². The first-order chi connectivity index (χ1) is 19.8. The Hall–Kier alpha value is -3.63. The van der Waals surface area contributed by atoms with E-state index in [4.69, 9.17) is 16.3 Å². The predicted octanol–water partition coefficient (Wildman–Crippen LogP) is 5.80. The molecule has 0 bridgehead atoms. The Morgan fingerprint density at radius 1 is 0.976 bits per heavy atom. The fourth-order valence-electron chi connectivity index (χ4n) is 4.35. The summed E-state index contributed by atoms with van der Waals surface area (Å²) in [7, 11) is -4.30. The van der Waals surface area contributed by atoms with Gasteiger partial charge in [0.25, 0.3) is 10.0 Å². The molecule has 226 valence electrons. The molecule has 1 unspecified atom stereocenters. The van der Waals surface area contributed by atoms with E-state index < -0.39 is 39.9 Å². The van der Waals surface area contributed by atoms with Gasteiger partial charge in [0.05, 0.1) is 17.2 Å². The molecule has 0 spiro atoms. The first kappa shape index (κ1) is 32.9. The van der Waals surface area contributed by atoms with Gasteiger partial charge < -0.3 is 15.0 Å². The number of carbonyl (C=O) groups excluding carboxylic acids is 2. The molecule has 0 radical (unpaired) electrons. The minimum atomic E-state index is -4.30. The molecule has 42 heavy (non-hydrogen) atoms. The number of para-hydroxylation sites is 2. The van der Waals surface area contributed by atoms with Crippen molar-refractivity contribution in [2.45, 2.75) is 64.1 Å². The maximum absolute atomic E-state index is 14.2. The summed E-state index contributed by atoms with van der Waals surface area (Å²) in [4.78, 5) is 28.8. The Morgan fingerprint density at radius 2 is 1.60 bits per heavy atom. The van der Waals surface area contributed by atoms with Crippen molar-refractivity contribution in [1.82, 2.24) is 10.2 Å². The van der Waals surface area contributed by atoms with E-state index in [0.717, 1.165) is 4.31 Å². The maximum Gasteiger partial charge on any atom is 0.264 e. The Labute approximate surface area is 252 Å². The number of carbonyl (C=O) groups is 2. The van der Waals surface area contributed by atoms with Gasteiger partial charge in [0, 0.05) is 17.1 Å². The van der Waals surface area contributed by atoms with Crippen molar-refractivity contribution in [3.63, 3.8) is 0 Å². The highest BCUT2D eigenvalue weighted by Crippen LogP contribution is 2.33. The van der Waals surface area contributed by atoms with Crippen LogP contribution in [0.25, 0.3) is 0 Å². The average Bonchev–Trinajstić information content (AvgIpc) is 2.92. The zero-order valence-electron chi connectivity index (χ0n) is 24.4. The lowest BCUT2D eigenvalue weighted by atomic mass is 10.1. The third-order valence-electron chi connectivity index (χ3n) is 6.26. The quantitative estimate of drug-likeness (QED) is 0.277. The van der Waals surface area contributed by atoms with Crippen molar-refractivity contribution >= 4 is 39.1 Å². The van der Waals surface area contributed by atoms with Crippen molar-refractivity contribution in [2.24, 2.45) is 0 Å². The molecule has 3 rings (SSSR count). The summed E-state index contributed by atoms with van der Waals surface area (Å²) in [6.45, 7) is 8.61. The smallest absolute Gasteiger partial charge is 0.264 e. The third kappa shape index (κ3) is 8.45. The van der Waals surface area contributed by atoms with Crippen LogP contribution >= 0.6 is 11.6 Å². The Bertz CT molecular complexity index is 1480. The zero-order chi connectivity index (χ0) is 31.1. The van der Waals surface area contributed by atoms with E-state index in [0.29, 0.717) is 10.6 Å². The molecule has 0 aliphatic heterocycles. The molecule has 8 nitrogen and oxygen atoms in total. The number of hydrogen-bond donors (Lipinski definition) is 1. The molecule has 0 saturated heterocycles.